The molecule has 3 rings (SSSR count). The van der Waals surface area contributed by atoms with Gasteiger partial charge in [-0.05, 0) is 40.5 Å². The summed E-state index contributed by atoms with van der Waals surface area (Å²) < 4.78 is 33.7. The third kappa shape index (κ3) is 6.77. The van der Waals surface area contributed by atoms with Crippen LogP contribution in [0.15, 0.2) is 48.5 Å². The highest BCUT2D eigenvalue weighted by Gasteiger charge is 2.39. The first kappa shape index (κ1) is 26.1. The number of carbonyl (C=O) groups excluding carboxylic acids is 2. The number of carboxylic acid groups (broad SMARTS) is 1. The number of carbonyl (C=O) groups is 3. The minimum atomic E-state index is -3.82. The quantitative estimate of drug-likeness (QED) is 0.430. The van der Waals surface area contributed by atoms with Crippen molar-refractivity contribution in [3.05, 3.63) is 59.7 Å². The van der Waals surface area contributed by atoms with E-state index < -0.39 is 35.9 Å². The highest BCUT2D eigenvalue weighted by Crippen LogP contribution is 2.44. The highest BCUT2D eigenvalue weighted by molar-refractivity contribution is 5.84. The van der Waals surface area contributed by atoms with E-state index in [2.05, 4.69) is 5.32 Å². The number of amides is 2. The number of fused-ring (bicyclic) bond motifs is 3. The lowest BCUT2D eigenvalue weighted by Gasteiger charge is -2.24. The monoisotopic (exact) mass is 488 g/mol. The number of rotatable bonds is 11. The zero-order valence-electron chi connectivity index (χ0n) is 19.8. The van der Waals surface area contributed by atoms with Crippen LogP contribution >= 0.6 is 0 Å². The van der Waals surface area contributed by atoms with E-state index in [0.29, 0.717) is 12.8 Å². The topological polar surface area (TPSA) is 105 Å². The van der Waals surface area contributed by atoms with Crippen LogP contribution in [0.1, 0.15) is 50.2 Å². The summed E-state index contributed by atoms with van der Waals surface area (Å²) in [6, 6.07) is 15.5. The van der Waals surface area contributed by atoms with E-state index in [1.165, 1.54) is 0 Å². The first-order chi connectivity index (χ1) is 16.5. The summed E-state index contributed by atoms with van der Waals surface area (Å²) in [5.74, 6) is -6.48. The molecule has 0 bridgehead atoms. The highest BCUT2D eigenvalue weighted by atomic mass is 19.3. The number of halogens is 2. The Bertz CT molecular complexity index is 1040. The summed E-state index contributed by atoms with van der Waals surface area (Å²) in [5, 5.41) is 12.9. The Labute approximate surface area is 202 Å². The second kappa shape index (κ2) is 10.8. The molecule has 0 unspecified atom stereocenters. The standard InChI is InChI=1S/C26H30F2N2O5/c1-25(2,12-11-22(31)32)13-14-29-23(33)26(27,28)16-30-24(34)35-15-21-19-9-5-3-7-17(19)18-8-4-6-10-20(18)21/h3-10,21H,11-16H2,1-2H3,(H,29,33)(H,30,34)(H,31,32). The van der Waals surface area contributed by atoms with Crippen LogP contribution in [0.3, 0.4) is 0 Å². The van der Waals surface area contributed by atoms with Gasteiger partial charge in [-0.2, -0.15) is 8.78 Å². The maximum atomic E-state index is 14.2. The fourth-order valence-electron chi connectivity index (χ4n) is 4.13. The predicted octanol–water partition coefficient (Wildman–Crippen LogP) is 4.56. The van der Waals surface area contributed by atoms with Crippen LogP contribution in [0, 0.1) is 5.41 Å². The molecular formula is C26H30F2N2O5. The lowest BCUT2D eigenvalue weighted by atomic mass is 9.84. The molecule has 0 aromatic heterocycles. The second-order valence-electron chi connectivity index (χ2n) is 9.45. The molecule has 0 saturated carbocycles. The summed E-state index contributed by atoms with van der Waals surface area (Å²) in [6.45, 7) is 2.35. The fraction of sp³-hybridized carbons (Fsp3) is 0.423. The molecule has 2 aromatic rings. The van der Waals surface area contributed by atoms with Crippen LogP contribution < -0.4 is 10.6 Å². The molecule has 188 valence electrons. The molecule has 0 fully saturated rings. The van der Waals surface area contributed by atoms with Crippen molar-refractivity contribution in [1.29, 1.82) is 0 Å². The number of carboxylic acids is 1. The molecule has 7 nitrogen and oxygen atoms in total. The van der Waals surface area contributed by atoms with Crippen LogP contribution in [0.25, 0.3) is 11.1 Å². The second-order valence-corrected chi connectivity index (χ2v) is 9.45. The third-order valence-corrected chi connectivity index (χ3v) is 6.23. The molecule has 0 heterocycles. The van der Waals surface area contributed by atoms with Gasteiger partial charge in [0.25, 0.3) is 5.91 Å². The van der Waals surface area contributed by atoms with E-state index in [4.69, 9.17) is 9.84 Å². The number of nitrogens with one attached hydrogen (secondary N) is 2. The summed E-state index contributed by atoms with van der Waals surface area (Å²) in [7, 11) is 0. The lowest BCUT2D eigenvalue weighted by molar-refractivity contribution is -0.144. The Morgan fingerprint density at radius 1 is 0.943 bits per heavy atom. The smallest absolute Gasteiger partial charge is 0.407 e. The first-order valence-electron chi connectivity index (χ1n) is 11.5. The van der Waals surface area contributed by atoms with Crippen molar-refractivity contribution in [2.75, 3.05) is 19.7 Å². The van der Waals surface area contributed by atoms with Crippen molar-refractivity contribution in [3.63, 3.8) is 0 Å². The Hall–Kier alpha value is -3.49. The van der Waals surface area contributed by atoms with E-state index in [9.17, 15) is 23.2 Å². The summed E-state index contributed by atoms with van der Waals surface area (Å²) in [5.41, 5.74) is 3.66. The fourth-order valence-corrected chi connectivity index (χ4v) is 4.13. The van der Waals surface area contributed by atoms with Crippen molar-refractivity contribution in [2.45, 2.75) is 45.0 Å². The van der Waals surface area contributed by atoms with E-state index in [1.807, 2.05) is 53.8 Å². The van der Waals surface area contributed by atoms with Gasteiger partial charge in [-0.15, -0.1) is 0 Å². The Kier molecular flexibility index (Phi) is 8.09. The molecule has 0 atom stereocenters. The average Bonchev–Trinajstić information content (AvgIpc) is 3.14. The predicted molar refractivity (Wildman–Crippen MR) is 126 cm³/mol. The summed E-state index contributed by atoms with van der Waals surface area (Å²) >= 11 is 0. The molecule has 3 N–H and O–H groups in total. The number of alkyl carbamates (subject to hydrolysis) is 1. The van der Waals surface area contributed by atoms with Crippen molar-refractivity contribution < 1.29 is 33.0 Å². The number of alkyl halides is 2. The number of hydrogen-bond acceptors (Lipinski definition) is 4. The first-order valence-corrected chi connectivity index (χ1v) is 11.5. The number of hydrogen-bond donors (Lipinski definition) is 3. The van der Waals surface area contributed by atoms with Gasteiger partial charge in [-0.25, -0.2) is 4.79 Å². The molecule has 0 spiro atoms. The summed E-state index contributed by atoms with van der Waals surface area (Å²) in [4.78, 5) is 34.7. The van der Waals surface area contributed by atoms with Crippen LogP contribution in [-0.2, 0) is 14.3 Å². The van der Waals surface area contributed by atoms with Gasteiger partial charge in [-0.1, -0.05) is 62.4 Å². The molecule has 0 radical (unpaired) electrons. The molecule has 0 saturated heterocycles. The van der Waals surface area contributed by atoms with Gasteiger partial charge in [0.05, 0.1) is 6.54 Å². The average molecular weight is 489 g/mol. The molecule has 1 aliphatic carbocycles. The Morgan fingerprint density at radius 2 is 1.51 bits per heavy atom. The molecule has 1 aliphatic rings. The van der Waals surface area contributed by atoms with Gasteiger partial charge >= 0.3 is 18.0 Å². The minimum absolute atomic E-state index is 0.0247. The Balaban J connectivity index is 1.46. The van der Waals surface area contributed by atoms with E-state index in [0.717, 1.165) is 22.3 Å². The molecule has 35 heavy (non-hydrogen) atoms. The van der Waals surface area contributed by atoms with Gasteiger partial charge < -0.3 is 20.5 Å². The SMILES string of the molecule is CC(C)(CCNC(=O)C(F)(F)CNC(=O)OCC1c2ccccc2-c2ccccc21)CCC(=O)O. The third-order valence-electron chi connectivity index (χ3n) is 6.23. The Morgan fingerprint density at radius 3 is 2.09 bits per heavy atom. The largest absolute Gasteiger partial charge is 0.481 e. The normalized spacial score (nSPS) is 13.0. The van der Waals surface area contributed by atoms with Crippen molar-refractivity contribution in [3.8, 4) is 11.1 Å². The number of benzene rings is 2. The molecule has 2 amide bonds. The van der Waals surface area contributed by atoms with Crippen molar-refractivity contribution in [2.24, 2.45) is 5.41 Å². The van der Waals surface area contributed by atoms with E-state index in [1.54, 1.807) is 13.8 Å². The number of ether oxygens (including phenoxy) is 1. The van der Waals surface area contributed by atoms with Gasteiger partial charge in [-0.3, -0.25) is 9.59 Å². The maximum absolute atomic E-state index is 14.2. The number of aliphatic carboxylic acids is 1. The molecule has 0 aliphatic heterocycles. The van der Waals surface area contributed by atoms with Crippen molar-refractivity contribution in [1.82, 2.24) is 10.6 Å². The van der Waals surface area contributed by atoms with Crippen LogP contribution in [0.4, 0.5) is 13.6 Å². The molecular weight excluding hydrogens is 458 g/mol. The van der Waals surface area contributed by atoms with Gasteiger partial charge in [0, 0.05) is 18.9 Å². The lowest BCUT2D eigenvalue weighted by Crippen LogP contribution is -2.48. The molecule has 2 aromatic carbocycles. The van der Waals surface area contributed by atoms with Gasteiger partial charge in [0.15, 0.2) is 0 Å². The van der Waals surface area contributed by atoms with E-state index in [-0.39, 0.29) is 25.5 Å². The molecule has 9 heteroatoms. The van der Waals surface area contributed by atoms with Gasteiger partial charge in [0.2, 0.25) is 0 Å². The summed E-state index contributed by atoms with van der Waals surface area (Å²) in [6.07, 6.45) is -0.379. The van der Waals surface area contributed by atoms with Crippen LogP contribution in [-0.4, -0.2) is 48.7 Å². The van der Waals surface area contributed by atoms with Crippen LogP contribution in [0.5, 0.6) is 0 Å². The van der Waals surface area contributed by atoms with Crippen molar-refractivity contribution >= 4 is 18.0 Å². The zero-order valence-corrected chi connectivity index (χ0v) is 19.8. The van der Waals surface area contributed by atoms with Crippen LogP contribution in [0.2, 0.25) is 0 Å². The zero-order chi connectivity index (χ0) is 25.6. The minimum Gasteiger partial charge on any atom is -0.481 e. The van der Waals surface area contributed by atoms with Gasteiger partial charge in [0.1, 0.15) is 6.61 Å². The van der Waals surface area contributed by atoms with E-state index >= 15 is 0 Å². The maximum Gasteiger partial charge on any atom is 0.407 e.